The maximum absolute atomic E-state index is 12.6. The molecule has 1 atom stereocenters. The lowest BCUT2D eigenvalue weighted by atomic mass is 10.0. The van der Waals surface area contributed by atoms with E-state index in [0.717, 1.165) is 24.8 Å². The molecule has 1 saturated heterocycles. The minimum Gasteiger partial charge on any atom is -0.316 e. The molecule has 108 valence electrons. The van der Waals surface area contributed by atoms with E-state index in [1.807, 2.05) is 12.4 Å². The molecular formula is C13H22N2O2S2. The Bertz CT molecular complexity index is 510. The van der Waals surface area contributed by atoms with Crippen molar-refractivity contribution in [1.82, 2.24) is 9.62 Å². The summed E-state index contributed by atoms with van der Waals surface area (Å²) >= 11 is 1.33. The molecule has 1 aliphatic rings. The summed E-state index contributed by atoms with van der Waals surface area (Å²) in [6.45, 7) is 4.23. The SMILES string of the molecule is CNCc1csc(S(=O)(=O)N2CCCC(C)CC2)c1. The fourth-order valence-electron chi connectivity index (χ4n) is 2.39. The topological polar surface area (TPSA) is 49.4 Å². The van der Waals surface area contributed by atoms with Crippen LogP contribution in [0, 0.1) is 5.92 Å². The zero-order valence-corrected chi connectivity index (χ0v) is 13.2. The van der Waals surface area contributed by atoms with Crippen molar-refractivity contribution in [3.63, 3.8) is 0 Å². The highest BCUT2D eigenvalue weighted by molar-refractivity contribution is 7.91. The van der Waals surface area contributed by atoms with Crippen LogP contribution in [0.2, 0.25) is 0 Å². The van der Waals surface area contributed by atoms with Gasteiger partial charge in [0.15, 0.2) is 0 Å². The van der Waals surface area contributed by atoms with Crippen molar-refractivity contribution >= 4 is 21.4 Å². The maximum atomic E-state index is 12.6. The first kappa shape index (κ1) is 15.0. The molecule has 6 heteroatoms. The minimum atomic E-state index is -3.28. The number of sulfonamides is 1. The summed E-state index contributed by atoms with van der Waals surface area (Å²) in [6, 6.07) is 1.80. The molecule has 1 unspecified atom stereocenters. The van der Waals surface area contributed by atoms with E-state index in [9.17, 15) is 8.42 Å². The van der Waals surface area contributed by atoms with Gasteiger partial charge in [-0.3, -0.25) is 0 Å². The van der Waals surface area contributed by atoms with Crippen LogP contribution in [0.3, 0.4) is 0 Å². The zero-order chi connectivity index (χ0) is 13.9. The molecule has 2 rings (SSSR count). The van der Waals surface area contributed by atoms with Crippen LogP contribution in [-0.2, 0) is 16.6 Å². The molecule has 2 heterocycles. The van der Waals surface area contributed by atoms with E-state index in [0.29, 0.717) is 29.8 Å². The van der Waals surface area contributed by atoms with Crippen LogP contribution in [-0.4, -0.2) is 32.9 Å². The Labute approximate surface area is 119 Å². The van der Waals surface area contributed by atoms with Crippen molar-refractivity contribution in [1.29, 1.82) is 0 Å². The second-order valence-corrected chi connectivity index (χ2v) is 8.32. The molecule has 4 nitrogen and oxygen atoms in total. The molecule has 0 aliphatic carbocycles. The van der Waals surface area contributed by atoms with Crippen LogP contribution in [0.4, 0.5) is 0 Å². The summed E-state index contributed by atoms with van der Waals surface area (Å²) < 4.78 is 27.3. The number of hydrogen-bond donors (Lipinski definition) is 1. The van der Waals surface area contributed by atoms with Crippen LogP contribution in [0.15, 0.2) is 15.7 Å². The molecule has 0 saturated carbocycles. The molecule has 0 radical (unpaired) electrons. The van der Waals surface area contributed by atoms with Gasteiger partial charge < -0.3 is 5.32 Å². The Kier molecular flexibility index (Phi) is 5.00. The van der Waals surface area contributed by atoms with Gasteiger partial charge in [-0.05, 0) is 49.2 Å². The van der Waals surface area contributed by atoms with Gasteiger partial charge in [0, 0.05) is 19.6 Å². The van der Waals surface area contributed by atoms with Gasteiger partial charge >= 0.3 is 0 Å². The second kappa shape index (κ2) is 6.35. The third-order valence-electron chi connectivity index (χ3n) is 3.58. The van der Waals surface area contributed by atoms with Crippen molar-refractivity contribution in [2.75, 3.05) is 20.1 Å². The Morgan fingerprint density at radius 3 is 2.95 bits per heavy atom. The first-order valence-corrected chi connectivity index (χ1v) is 9.08. The Hall–Kier alpha value is -0.430. The van der Waals surface area contributed by atoms with Crippen molar-refractivity contribution in [2.45, 2.75) is 36.9 Å². The Balaban J connectivity index is 2.15. The van der Waals surface area contributed by atoms with Crippen molar-refractivity contribution in [3.8, 4) is 0 Å². The largest absolute Gasteiger partial charge is 0.316 e. The van der Waals surface area contributed by atoms with Gasteiger partial charge in [-0.25, -0.2) is 8.42 Å². The molecular weight excluding hydrogens is 280 g/mol. The minimum absolute atomic E-state index is 0.479. The van der Waals surface area contributed by atoms with Crippen molar-refractivity contribution in [2.24, 2.45) is 5.92 Å². The van der Waals surface area contributed by atoms with Gasteiger partial charge in [-0.15, -0.1) is 11.3 Å². The molecule has 0 aromatic carbocycles. The first-order valence-electron chi connectivity index (χ1n) is 6.76. The molecule has 1 fully saturated rings. The second-order valence-electron chi connectivity index (χ2n) is 5.24. The third-order valence-corrected chi connectivity index (χ3v) is 6.94. The van der Waals surface area contributed by atoms with E-state index in [4.69, 9.17) is 0 Å². The summed E-state index contributed by atoms with van der Waals surface area (Å²) in [5.74, 6) is 0.628. The molecule has 1 aromatic rings. The lowest BCUT2D eigenvalue weighted by Crippen LogP contribution is -2.31. The van der Waals surface area contributed by atoms with E-state index in [1.54, 1.807) is 10.4 Å². The van der Waals surface area contributed by atoms with Crippen molar-refractivity contribution < 1.29 is 8.42 Å². The molecule has 0 spiro atoms. The van der Waals surface area contributed by atoms with E-state index in [-0.39, 0.29) is 0 Å². The number of thiophene rings is 1. The average molecular weight is 302 g/mol. The third kappa shape index (κ3) is 3.56. The molecule has 1 aromatic heterocycles. The van der Waals surface area contributed by atoms with Gasteiger partial charge in [0.1, 0.15) is 4.21 Å². The highest BCUT2D eigenvalue weighted by Gasteiger charge is 2.27. The van der Waals surface area contributed by atoms with E-state index >= 15 is 0 Å². The maximum Gasteiger partial charge on any atom is 0.252 e. The Morgan fingerprint density at radius 2 is 2.21 bits per heavy atom. The van der Waals surface area contributed by atoms with Crippen molar-refractivity contribution in [3.05, 3.63) is 17.0 Å². The standard InChI is InChI=1S/C13H22N2O2S2/c1-11-4-3-6-15(7-5-11)19(16,17)13-8-12(9-14-2)10-18-13/h8,10-11,14H,3-7,9H2,1-2H3. The lowest BCUT2D eigenvalue weighted by molar-refractivity contribution is 0.418. The van der Waals surface area contributed by atoms with Crippen LogP contribution in [0.5, 0.6) is 0 Å². The number of hydrogen-bond acceptors (Lipinski definition) is 4. The average Bonchev–Trinajstić information content (AvgIpc) is 2.72. The van der Waals surface area contributed by atoms with E-state index in [2.05, 4.69) is 12.2 Å². The van der Waals surface area contributed by atoms with Gasteiger partial charge in [-0.2, -0.15) is 4.31 Å². The highest BCUT2D eigenvalue weighted by Crippen LogP contribution is 2.27. The fraction of sp³-hybridized carbons (Fsp3) is 0.692. The van der Waals surface area contributed by atoms with Crippen LogP contribution < -0.4 is 5.32 Å². The first-order chi connectivity index (χ1) is 9.04. The molecule has 0 bridgehead atoms. The summed E-state index contributed by atoms with van der Waals surface area (Å²) in [7, 11) is -1.42. The molecule has 1 aliphatic heterocycles. The van der Waals surface area contributed by atoms with Gasteiger partial charge in [0.05, 0.1) is 0 Å². The molecule has 19 heavy (non-hydrogen) atoms. The predicted molar refractivity (Wildman–Crippen MR) is 78.9 cm³/mol. The summed E-state index contributed by atoms with van der Waals surface area (Å²) in [4.78, 5) is 0. The van der Waals surface area contributed by atoms with Crippen LogP contribution in [0.1, 0.15) is 31.7 Å². The summed E-state index contributed by atoms with van der Waals surface area (Å²) in [5, 5.41) is 4.96. The van der Waals surface area contributed by atoms with Crippen LogP contribution >= 0.6 is 11.3 Å². The summed E-state index contributed by atoms with van der Waals surface area (Å²) in [6.07, 6.45) is 3.06. The quantitative estimate of drug-likeness (QED) is 0.928. The van der Waals surface area contributed by atoms with E-state index in [1.165, 1.54) is 11.3 Å². The number of nitrogens with zero attached hydrogens (tertiary/aromatic N) is 1. The number of nitrogens with one attached hydrogen (secondary N) is 1. The normalized spacial score (nSPS) is 22.3. The Morgan fingerprint density at radius 1 is 1.42 bits per heavy atom. The summed E-state index contributed by atoms with van der Waals surface area (Å²) in [5.41, 5.74) is 1.04. The van der Waals surface area contributed by atoms with E-state index < -0.39 is 10.0 Å². The predicted octanol–water partition coefficient (Wildman–Crippen LogP) is 2.28. The molecule has 0 amide bonds. The van der Waals surface area contributed by atoms with Gasteiger partial charge in [0.2, 0.25) is 0 Å². The zero-order valence-electron chi connectivity index (χ0n) is 11.6. The fourth-order valence-corrected chi connectivity index (χ4v) is 5.24. The lowest BCUT2D eigenvalue weighted by Gasteiger charge is -2.18. The highest BCUT2D eigenvalue weighted by atomic mass is 32.2. The van der Waals surface area contributed by atoms with Gasteiger partial charge in [-0.1, -0.05) is 6.92 Å². The van der Waals surface area contributed by atoms with Gasteiger partial charge in [0.25, 0.3) is 10.0 Å². The molecule has 1 N–H and O–H groups in total. The van der Waals surface area contributed by atoms with Crippen LogP contribution in [0.25, 0.3) is 0 Å². The monoisotopic (exact) mass is 302 g/mol. The smallest absolute Gasteiger partial charge is 0.252 e. The number of rotatable bonds is 4.